The van der Waals surface area contributed by atoms with Gasteiger partial charge in [-0.3, -0.25) is 0 Å². The Hall–Kier alpha value is 0.790. The number of aliphatic hydroxyl groups is 2. The van der Waals surface area contributed by atoms with E-state index in [9.17, 15) is 0 Å². The van der Waals surface area contributed by atoms with Gasteiger partial charge < -0.3 is 10.2 Å². The van der Waals surface area contributed by atoms with Gasteiger partial charge in [0.2, 0.25) is 0 Å². The molecule has 3 heteroatoms. The van der Waals surface area contributed by atoms with Crippen LogP contribution in [-0.4, -0.2) is 22.4 Å². The summed E-state index contributed by atoms with van der Waals surface area (Å²) in [6.07, 6.45) is 0.529. The Balaban J connectivity index is 0. The molecule has 1 radical (unpaired) electrons. The van der Waals surface area contributed by atoms with Crippen LogP contribution in [0.25, 0.3) is 0 Å². The smallest absolute Gasteiger partial charge is 0.0562 e. The van der Waals surface area contributed by atoms with Crippen LogP contribution in [0.1, 0.15) is 26.7 Å². The molecule has 0 saturated heterocycles. The first kappa shape index (κ1) is 12.5. The van der Waals surface area contributed by atoms with Crippen molar-refractivity contribution in [3.63, 3.8) is 0 Å². The average molecular weight is 163 g/mol. The van der Waals surface area contributed by atoms with Crippen molar-refractivity contribution in [3.05, 3.63) is 0 Å². The van der Waals surface area contributed by atoms with Gasteiger partial charge >= 0.3 is 0 Å². The molecular weight excluding hydrogens is 149 g/mol. The summed E-state index contributed by atoms with van der Waals surface area (Å²) < 4.78 is 0. The SMILES string of the molecule is CCC(O)CC(C)O.[Sc]. The summed E-state index contributed by atoms with van der Waals surface area (Å²) in [5, 5.41) is 17.6. The average Bonchev–Trinajstić information content (AvgIpc) is 1.65. The zero-order chi connectivity index (χ0) is 6.57. The van der Waals surface area contributed by atoms with E-state index >= 15 is 0 Å². The van der Waals surface area contributed by atoms with Gasteiger partial charge in [0.25, 0.3) is 0 Å². The van der Waals surface area contributed by atoms with Gasteiger partial charge in [-0.15, -0.1) is 0 Å². The van der Waals surface area contributed by atoms with Crippen LogP contribution in [0.5, 0.6) is 0 Å². The molecule has 0 heterocycles. The fraction of sp³-hybridized carbons (Fsp3) is 1.00. The fourth-order valence-corrected chi connectivity index (χ4v) is 0.560. The predicted molar refractivity (Wildman–Crippen MR) is 32.6 cm³/mol. The minimum absolute atomic E-state index is 0. The van der Waals surface area contributed by atoms with Crippen molar-refractivity contribution in [1.29, 1.82) is 0 Å². The first-order valence-electron chi connectivity index (χ1n) is 3.03. The molecule has 9 heavy (non-hydrogen) atoms. The van der Waals surface area contributed by atoms with E-state index in [0.29, 0.717) is 6.42 Å². The normalized spacial score (nSPS) is 16.0. The quantitative estimate of drug-likeness (QED) is 0.637. The van der Waals surface area contributed by atoms with Crippen LogP contribution in [0.3, 0.4) is 0 Å². The fourth-order valence-electron chi connectivity index (χ4n) is 0.560. The largest absolute Gasteiger partial charge is 0.393 e. The summed E-state index contributed by atoms with van der Waals surface area (Å²) in [6, 6.07) is 0. The molecule has 0 aliphatic carbocycles. The van der Waals surface area contributed by atoms with Crippen molar-refractivity contribution >= 4 is 0 Å². The molecule has 0 aromatic rings. The summed E-state index contributed by atoms with van der Waals surface area (Å²) in [5.74, 6) is 0. The first-order chi connectivity index (χ1) is 3.66. The van der Waals surface area contributed by atoms with Gasteiger partial charge in [-0.25, -0.2) is 0 Å². The van der Waals surface area contributed by atoms with Crippen molar-refractivity contribution in [2.75, 3.05) is 0 Å². The predicted octanol–water partition coefficient (Wildman–Crippen LogP) is 0.526. The maximum absolute atomic E-state index is 8.87. The van der Waals surface area contributed by atoms with Crippen molar-refractivity contribution in [2.24, 2.45) is 0 Å². The first-order valence-corrected chi connectivity index (χ1v) is 3.03. The van der Waals surface area contributed by atoms with E-state index in [1.54, 1.807) is 6.92 Å². The molecule has 0 rings (SSSR count). The molecule has 2 atom stereocenters. The summed E-state index contributed by atoms with van der Waals surface area (Å²) in [6.45, 7) is 3.58. The molecule has 0 aliphatic rings. The topological polar surface area (TPSA) is 40.5 Å². The van der Waals surface area contributed by atoms with Gasteiger partial charge in [0, 0.05) is 25.8 Å². The zero-order valence-electron chi connectivity index (χ0n) is 6.04. The van der Waals surface area contributed by atoms with Crippen LogP contribution in [0.4, 0.5) is 0 Å². The molecule has 0 aromatic carbocycles. The van der Waals surface area contributed by atoms with E-state index < -0.39 is 0 Å². The molecule has 0 fully saturated rings. The monoisotopic (exact) mass is 163 g/mol. The number of aliphatic hydroxyl groups excluding tert-OH is 2. The van der Waals surface area contributed by atoms with Crippen molar-refractivity contribution < 1.29 is 36.1 Å². The number of rotatable bonds is 3. The Bertz CT molecular complexity index is 57.0. The molecule has 0 aromatic heterocycles. The molecule has 2 N–H and O–H groups in total. The molecule has 0 spiro atoms. The molecule has 2 nitrogen and oxygen atoms in total. The third-order valence-electron chi connectivity index (χ3n) is 1.08. The zero-order valence-corrected chi connectivity index (χ0v) is 7.84. The molecule has 0 aliphatic heterocycles. The second-order valence-corrected chi connectivity index (χ2v) is 2.15. The number of hydrogen-bond acceptors (Lipinski definition) is 2. The Morgan fingerprint density at radius 2 is 1.78 bits per heavy atom. The van der Waals surface area contributed by atoms with Crippen LogP contribution < -0.4 is 0 Å². The van der Waals surface area contributed by atoms with E-state index in [-0.39, 0.29) is 38.1 Å². The van der Waals surface area contributed by atoms with Gasteiger partial charge in [0.1, 0.15) is 0 Å². The second kappa shape index (κ2) is 6.90. The molecule has 53 valence electrons. The molecular formula is C6H14O2Sc. The van der Waals surface area contributed by atoms with E-state index in [0.717, 1.165) is 6.42 Å². The molecule has 0 saturated carbocycles. The van der Waals surface area contributed by atoms with E-state index in [1.807, 2.05) is 6.92 Å². The Labute approximate surface area is 75.1 Å². The van der Waals surface area contributed by atoms with Gasteiger partial charge in [-0.1, -0.05) is 6.92 Å². The standard InChI is InChI=1S/C6H14O2.Sc/c1-3-6(8)4-5(2)7;/h5-8H,3-4H2,1-2H3;. The van der Waals surface area contributed by atoms with Gasteiger partial charge in [0.15, 0.2) is 0 Å². The van der Waals surface area contributed by atoms with Crippen LogP contribution in [0.15, 0.2) is 0 Å². The third-order valence-corrected chi connectivity index (χ3v) is 1.08. The summed E-state index contributed by atoms with van der Waals surface area (Å²) in [7, 11) is 0. The minimum Gasteiger partial charge on any atom is -0.393 e. The van der Waals surface area contributed by atoms with E-state index in [1.165, 1.54) is 0 Å². The Kier molecular flexibility index (Phi) is 9.56. The van der Waals surface area contributed by atoms with Gasteiger partial charge in [-0.05, 0) is 19.8 Å². The van der Waals surface area contributed by atoms with Gasteiger partial charge in [-0.2, -0.15) is 0 Å². The molecule has 2 unspecified atom stereocenters. The third kappa shape index (κ3) is 8.79. The Morgan fingerprint density at radius 1 is 1.33 bits per heavy atom. The van der Waals surface area contributed by atoms with Gasteiger partial charge in [0.05, 0.1) is 12.2 Å². The van der Waals surface area contributed by atoms with E-state index in [2.05, 4.69) is 0 Å². The van der Waals surface area contributed by atoms with Crippen LogP contribution in [0.2, 0.25) is 0 Å². The Morgan fingerprint density at radius 3 is 1.89 bits per heavy atom. The van der Waals surface area contributed by atoms with E-state index in [4.69, 9.17) is 10.2 Å². The summed E-state index contributed by atoms with van der Waals surface area (Å²) in [5.41, 5.74) is 0. The second-order valence-electron chi connectivity index (χ2n) is 2.15. The minimum atomic E-state index is -0.370. The summed E-state index contributed by atoms with van der Waals surface area (Å²) >= 11 is 0. The molecule has 0 amide bonds. The molecule has 0 bridgehead atoms. The maximum atomic E-state index is 8.87. The van der Waals surface area contributed by atoms with Crippen LogP contribution in [0, 0.1) is 0 Å². The van der Waals surface area contributed by atoms with Crippen molar-refractivity contribution in [3.8, 4) is 0 Å². The maximum Gasteiger partial charge on any atom is 0.0562 e. The summed E-state index contributed by atoms with van der Waals surface area (Å²) in [4.78, 5) is 0. The van der Waals surface area contributed by atoms with Crippen LogP contribution >= 0.6 is 0 Å². The van der Waals surface area contributed by atoms with Crippen molar-refractivity contribution in [1.82, 2.24) is 0 Å². The van der Waals surface area contributed by atoms with Crippen LogP contribution in [-0.2, 0) is 25.8 Å². The van der Waals surface area contributed by atoms with Crippen molar-refractivity contribution in [2.45, 2.75) is 38.9 Å². The number of hydrogen-bond donors (Lipinski definition) is 2.